The summed E-state index contributed by atoms with van der Waals surface area (Å²) in [7, 11) is 1.78. The lowest BCUT2D eigenvalue weighted by Crippen LogP contribution is -2.40. The van der Waals surface area contributed by atoms with Gasteiger partial charge in [-0.25, -0.2) is 4.98 Å². The van der Waals surface area contributed by atoms with Crippen molar-refractivity contribution in [2.24, 2.45) is 12.8 Å². The first kappa shape index (κ1) is 11.6. The molecule has 0 aromatic carbocycles. The van der Waals surface area contributed by atoms with Crippen LogP contribution in [0, 0.1) is 0 Å². The molecule has 1 aromatic rings. The first-order valence-corrected chi connectivity index (χ1v) is 5.01. The fraction of sp³-hybridized carbons (Fsp3) is 0.667. The zero-order valence-corrected chi connectivity index (χ0v) is 9.10. The van der Waals surface area contributed by atoms with Gasteiger partial charge in [0.1, 0.15) is 6.33 Å². The normalized spacial score (nSPS) is 12.5. The molecular weight excluding hydrogens is 194 g/mol. The van der Waals surface area contributed by atoms with Crippen LogP contribution in [-0.4, -0.2) is 26.7 Å². The van der Waals surface area contributed by atoms with Crippen LogP contribution >= 0.6 is 0 Å². The summed E-state index contributed by atoms with van der Waals surface area (Å²) in [5.74, 6) is 0.443. The van der Waals surface area contributed by atoms with E-state index in [4.69, 9.17) is 5.73 Å². The molecule has 0 bridgehead atoms. The Morgan fingerprint density at radius 3 is 3.00 bits per heavy atom. The lowest BCUT2D eigenvalue weighted by Gasteiger charge is -2.09. The molecule has 6 nitrogen and oxygen atoms in total. The molecule has 0 saturated carbocycles. The first-order chi connectivity index (χ1) is 7.13. The van der Waals surface area contributed by atoms with Crippen LogP contribution < -0.4 is 11.1 Å². The van der Waals surface area contributed by atoms with E-state index in [1.165, 1.54) is 0 Å². The summed E-state index contributed by atoms with van der Waals surface area (Å²) in [6.07, 6.45) is 3.19. The minimum Gasteiger partial charge on any atom is -0.347 e. The number of aromatic nitrogens is 3. The number of nitrogens with two attached hydrogens (primary N) is 1. The summed E-state index contributed by atoms with van der Waals surface area (Å²) < 4.78 is 1.59. The molecule has 0 unspecified atom stereocenters. The largest absolute Gasteiger partial charge is 0.347 e. The second-order valence-corrected chi connectivity index (χ2v) is 3.45. The SMILES string of the molecule is CCC[C@@H](N)C(=O)NCc1ncn(C)n1. The molecule has 15 heavy (non-hydrogen) atoms. The molecule has 1 heterocycles. The monoisotopic (exact) mass is 211 g/mol. The molecule has 0 spiro atoms. The van der Waals surface area contributed by atoms with Crippen molar-refractivity contribution in [2.75, 3.05) is 0 Å². The van der Waals surface area contributed by atoms with E-state index in [1.54, 1.807) is 18.1 Å². The van der Waals surface area contributed by atoms with Crippen LogP contribution in [0.4, 0.5) is 0 Å². The molecule has 0 saturated heterocycles. The predicted octanol–water partition coefficient (Wildman–Crippen LogP) is -0.441. The minimum atomic E-state index is -0.432. The number of nitrogens with zero attached hydrogens (tertiary/aromatic N) is 3. The lowest BCUT2D eigenvalue weighted by molar-refractivity contribution is -0.122. The van der Waals surface area contributed by atoms with Gasteiger partial charge in [0.2, 0.25) is 5.91 Å². The first-order valence-electron chi connectivity index (χ1n) is 5.01. The maximum atomic E-state index is 11.4. The fourth-order valence-corrected chi connectivity index (χ4v) is 1.20. The maximum absolute atomic E-state index is 11.4. The van der Waals surface area contributed by atoms with E-state index in [0.717, 1.165) is 6.42 Å². The van der Waals surface area contributed by atoms with Gasteiger partial charge >= 0.3 is 0 Å². The van der Waals surface area contributed by atoms with Gasteiger partial charge in [0.05, 0.1) is 12.6 Å². The molecule has 3 N–H and O–H groups in total. The third-order valence-corrected chi connectivity index (χ3v) is 2.00. The van der Waals surface area contributed by atoms with E-state index < -0.39 is 6.04 Å². The Kier molecular flexibility index (Phi) is 4.23. The minimum absolute atomic E-state index is 0.149. The second-order valence-electron chi connectivity index (χ2n) is 3.45. The van der Waals surface area contributed by atoms with Gasteiger partial charge in [0, 0.05) is 7.05 Å². The zero-order chi connectivity index (χ0) is 11.3. The third kappa shape index (κ3) is 3.67. The number of hydrogen-bond acceptors (Lipinski definition) is 4. The molecule has 84 valence electrons. The quantitative estimate of drug-likeness (QED) is 0.691. The van der Waals surface area contributed by atoms with Crippen molar-refractivity contribution in [3.05, 3.63) is 12.2 Å². The van der Waals surface area contributed by atoms with Gasteiger partial charge in [-0.3, -0.25) is 9.48 Å². The summed E-state index contributed by atoms with van der Waals surface area (Å²) in [6, 6.07) is -0.432. The van der Waals surface area contributed by atoms with E-state index >= 15 is 0 Å². The lowest BCUT2D eigenvalue weighted by atomic mass is 10.2. The summed E-state index contributed by atoms with van der Waals surface area (Å²) in [5.41, 5.74) is 5.64. The topological polar surface area (TPSA) is 85.8 Å². The Bertz CT molecular complexity index is 322. The number of amides is 1. The second kappa shape index (κ2) is 5.45. The van der Waals surface area contributed by atoms with Crippen LogP contribution in [0.25, 0.3) is 0 Å². The molecule has 1 aromatic heterocycles. The molecule has 0 fully saturated rings. The van der Waals surface area contributed by atoms with Crippen LogP contribution in [-0.2, 0) is 18.4 Å². The van der Waals surface area contributed by atoms with E-state index in [9.17, 15) is 4.79 Å². The third-order valence-electron chi connectivity index (χ3n) is 2.00. The zero-order valence-electron chi connectivity index (χ0n) is 9.10. The average Bonchev–Trinajstić information content (AvgIpc) is 2.61. The standard InChI is InChI=1S/C9H17N5O/c1-3-4-7(10)9(15)11-5-8-12-6-14(2)13-8/h6-7H,3-5,10H2,1-2H3,(H,11,15)/t7-/m1/s1. The maximum Gasteiger partial charge on any atom is 0.237 e. The van der Waals surface area contributed by atoms with Gasteiger partial charge < -0.3 is 11.1 Å². The Hall–Kier alpha value is -1.43. The Morgan fingerprint density at radius 2 is 2.47 bits per heavy atom. The predicted molar refractivity (Wildman–Crippen MR) is 55.7 cm³/mol. The number of nitrogens with one attached hydrogen (secondary N) is 1. The Morgan fingerprint density at radius 1 is 1.73 bits per heavy atom. The van der Waals surface area contributed by atoms with Gasteiger partial charge in [-0.15, -0.1) is 0 Å². The van der Waals surface area contributed by atoms with E-state index in [2.05, 4.69) is 15.4 Å². The van der Waals surface area contributed by atoms with Crippen molar-refractivity contribution in [3.8, 4) is 0 Å². The summed E-state index contributed by atoms with van der Waals surface area (Å²) in [4.78, 5) is 15.4. The molecule has 0 aliphatic carbocycles. The van der Waals surface area contributed by atoms with Crippen molar-refractivity contribution in [1.82, 2.24) is 20.1 Å². The number of hydrogen-bond donors (Lipinski definition) is 2. The molecule has 0 aliphatic rings. The van der Waals surface area contributed by atoms with Gasteiger partial charge in [0.15, 0.2) is 5.82 Å². The van der Waals surface area contributed by atoms with Crippen molar-refractivity contribution in [1.29, 1.82) is 0 Å². The Labute approximate surface area is 88.9 Å². The Balaban J connectivity index is 2.34. The van der Waals surface area contributed by atoms with Gasteiger partial charge in [-0.1, -0.05) is 13.3 Å². The summed E-state index contributed by atoms with van der Waals surface area (Å²) in [6.45, 7) is 2.32. The summed E-state index contributed by atoms with van der Waals surface area (Å²) >= 11 is 0. The molecule has 6 heteroatoms. The highest BCUT2D eigenvalue weighted by Gasteiger charge is 2.12. The van der Waals surface area contributed by atoms with Gasteiger partial charge in [0.25, 0.3) is 0 Å². The summed E-state index contributed by atoms with van der Waals surface area (Å²) in [5, 5.41) is 6.73. The van der Waals surface area contributed by atoms with Crippen LogP contribution in [0.2, 0.25) is 0 Å². The molecule has 0 radical (unpaired) electrons. The van der Waals surface area contributed by atoms with Crippen LogP contribution in [0.3, 0.4) is 0 Å². The molecule has 0 aliphatic heterocycles. The van der Waals surface area contributed by atoms with Crippen molar-refractivity contribution in [2.45, 2.75) is 32.4 Å². The highest BCUT2D eigenvalue weighted by molar-refractivity contribution is 5.81. The van der Waals surface area contributed by atoms with E-state index in [0.29, 0.717) is 18.8 Å². The highest BCUT2D eigenvalue weighted by Crippen LogP contribution is 1.94. The molecular formula is C9H17N5O. The van der Waals surface area contributed by atoms with Gasteiger partial charge in [-0.2, -0.15) is 5.10 Å². The highest BCUT2D eigenvalue weighted by atomic mass is 16.2. The van der Waals surface area contributed by atoms with Crippen LogP contribution in [0.5, 0.6) is 0 Å². The number of rotatable bonds is 5. The van der Waals surface area contributed by atoms with Crippen LogP contribution in [0.1, 0.15) is 25.6 Å². The number of carbonyl (C=O) groups is 1. The fourth-order valence-electron chi connectivity index (χ4n) is 1.20. The number of carbonyl (C=O) groups excluding carboxylic acids is 1. The van der Waals surface area contributed by atoms with Crippen molar-refractivity contribution in [3.63, 3.8) is 0 Å². The number of aryl methyl sites for hydroxylation is 1. The smallest absolute Gasteiger partial charge is 0.237 e. The van der Waals surface area contributed by atoms with Crippen molar-refractivity contribution >= 4 is 5.91 Å². The molecule has 1 rings (SSSR count). The molecule has 1 atom stereocenters. The average molecular weight is 211 g/mol. The van der Waals surface area contributed by atoms with E-state index in [1.807, 2.05) is 6.92 Å². The van der Waals surface area contributed by atoms with Crippen molar-refractivity contribution < 1.29 is 4.79 Å². The molecule has 1 amide bonds. The van der Waals surface area contributed by atoms with Crippen LogP contribution in [0.15, 0.2) is 6.33 Å². The van der Waals surface area contributed by atoms with E-state index in [-0.39, 0.29) is 5.91 Å². The van der Waals surface area contributed by atoms with Gasteiger partial charge in [-0.05, 0) is 6.42 Å².